The van der Waals surface area contributed by atoms with Crippen molar-refractivity contribution in [1.29, 1.82) is 0 Å². The third-order valence-corrected chi connectivity index (χ3v) is 4.69. The van der Waals surface area contributed by atoms with E-state index in [-0.39, 0.29) is 18.2 Å². The predicted molar refractivity (Wildman–Crippen MR) is 118 cm³/mol. The van der Waals surface area contributed by atoms with Crippen LogP contribution in [0.1, 0.15) is 12.5 Å². The molecule has 0 radical (unpaired) electrons. The van der Waals surface area contributed by atoms with Crippen LogP contribution in [0.3, 0.4) is 0 Å². The Kier molecular flexibility index (Phi) is 5.61. The molecule has 0 unspecified atom stereocenters. The SMILES string of the molecule is COc1ccccc1CC(=O)Nc1cnc2cnc(-c3cccc(NC(C)=O)c3)cn12. The molecule has 31 heavy (non-hydrogen) atoms. The van der Waals surface area contributed by atoms with Gasteiger partial charge in [0.15, 0.2) is 5.65 Å². The summed E-state index contributed by atoms with van der Waals surface area (Å²) in [6.07, 6.45) is 5.20. The molecule has 0 atom stereocenters. The number of fused-ring (bicyclic) bond motifs is 1. The Labute approximate surface area is 178 Å². The van der Waals surface area contributed by atoms with Gasteiger partial charge >= 0.3 is 0 Å². The van der Waals surface area contributed by atoms with Gasteiger partial charge in [-0.2, -0.15) is 0 Å². The maximum absolute atomic E-state index is 12.6. The van der Waals surface area contributed by atoms with Crippen molar-refractivity contribution in [3.8, 4) is 17.0 Å². The van der Waals surface area contributed by atoms with Crippen LogP contribution in [0.15, 0.2) is 67.1 Å². The molecule has 0 bridgehead atoms. The zero-order chi connectivity index (χ0) is 21.8. The molecule has 2 aromatic heterocycles. The summed E-state index contributed by atoms with van der Waals surface area (Å²) in [6.45, 7) is 1.46. The van der Waals surface area contributed by atoms with E-state index in [0.29, 0.717) is 28.6 Å². The number of anilines is 2. The highest BCUT2D eigenvalue weighted by Gasteiger charge is 2.12. The minimum Gasteiger partial charge on any atom is -0.496 e. The fourth-order valence-electron chi connectivity index (χ4n) is 3.30. The number of benzene rings is 2. The van der Waals surface area contributed by atoms with Gasteiger partial charge in [0.05, 0.1) is 31.6 Å². The molecule has 4 rings (SSSR count). The van der Waals surface area contributed by atoms with Crippen molar-refractivity contribution in [2.75, 3.05) is 17.7 Å². The largest absolute Gasteiger partial charge is 0.496 e. The standard InChI is InChI=1S/C23H21N5O3/c1-15(29)26-18-8-5-7-16(10-18)19-14-28-21(12-24-19)25-13-22(28)27-23(30)11-17-6-3-4-9-20(17)31-2/h3-10,12-14H,11H2,1-2H3,(H,26,29)(H,27,30). The molecule has 8 heteroatoms. The van der Waals surface area contributed by atoms with Gasteiger partial charge < -0.3 is 15.4 Å². The van der Waals surface area contributed by atoms with E-state index in [2.05, 4.69) is 20.6 Å². The number of amides is 2. The second kappa shape index (κ2) is 8.66. The van der Waals surface area contributed by atoms with Crippen molar-refractivity contribution in [1.82, 2.24) is 14.4 Å². The summed E-state index contributed by atoms with van der Waals surface area (Å²) in [5.41, 5.74) is 3.59. The first-order valence-electron chi connectivity index (χ1n) is 9.66. The van der Waals surface area contributed by atoms with Crippen molar-refractivity contribution in [3.05, 3.63) is 72.7 Å². The van der Waals surface area contributed by atoms with Gasteiger partial charge in [0, 0.05) is 29.9 Å². The second-order valence-corrected chi connectivity index (χ2v) is 6.94. The topological polar surface area (TPSA) is 97.6 Å². The molecular weight excluding hydrogens is 394 g/mol. The van der Waals surface area contributed by atoms with Crippen LogP contribution in [0.5, 0.6) is 5.75 Å². The number of carbonyl (C=O) groups excluding carboxylic acids is 2. The van der Waals surface area contributed by atoms with Crippen molar-refractivity contribution in [2.45, 2.75) is 13.3 Å². The number of ether oxygens (including phenoxy) is 1. The first-order valence-corrected chi connectivity index (χ1v) is 9.66. The number of rotatable bonds is 6. The average Bonchev–Trinajstić information content (AvgIpc) is 3.15. The Bertz CT molecular complexity index is 1270. The van der Waals surface area contributed by atoms with Crippen LogP contribution in [0, 0.1) is 0 Å². The number of carbonyl (C=O) groups is 2. The predicted octanol–water partition coefficient (Wildman–Crippen LogP) is 3.54. The molecule has 156 valence electrons. The van der Waals surface area contributed by atoms with Crippen LogP contribution in [0.25, 0.3) is 16.9 Å². The third-order valence-electron chi connectivity index (χ3n) is 4.69. The van der Waals surface area contributed by atoms with E-state index in [1.807, 2.05) is 48.5 Å². The molecule has 4 aromatic rings. The molecule has 2 amide bonds. The first kappa shape index (κ1) is 20.1. The number of aromatic nitrogens is 3. The molecular formula is C23H21N5O3. The molecule has 2 heterocycles. The van der Waals surface area contributed by atoms with Crippen LogP contribution < -0.4 is 15.4 Å². The summed E-state index contributed by atoms with van der Waals surface area (Å²) in [7, 11) is 1.58. The lowest BCUT2D eigenvalue weighted by Crippen LogP contribution is -2.16. The van der Waals surface area contributed by atoms with Gasteiger partial charge in [0.25, 0.3) is 0 Å². The van der Waals surface area contributed by atoms with Gasteiger partial charge in [-0.05, 0) is 18.2 Å². The van der Waals surface area contributed by atoms with E-state index in [1.54, 1.807) is 30.1 Å². The summed E-state index contributed by atoms with van der Waals surface area (Å²) < 4.78 is 7.09. The van der Waals surface area contributed by atoms with E-state index >= 15 is 0 Å². The Morgan fingerprint density at radius 2 is 1.87 bits per heavy atom. The highest BCUT2D eigenvalue weighted by atomic mass is 16.5. The molecule has 2 aromatic carbocycles. The van der Waals surface area contributed by atoms with Gasteiger partial charge in [0.1, 0.15) is 11.6 Å². The number of nitrogens with zero attached hydrogens (tertiary/aromatic N) is 3. The molecule has 0 spiro atoms. The fraction of sp³-hybridized carbons (Fsp3) is 0.130. The highest BCUT2D eigenvalue weighted by molar-refractivity contribution is 5.92. The molecule has 0 aliphatic heterocycles. The normalized spacial score (nSPS) is 10.6. The fourth-order valence-corrected chi connectivity index (χ4v) is 3.30. The lowest BCUT2D eigenvalue weighted by molar-refractivity contribution is -0.116. The number of para-hydroxylation sites is 1. The quantitative estimate of drug-likeness (QED) is 0.502. The lowest BCUT2D eigenvalue weighted by Gasteiger charge is -2.09. The molecule has 0 aliphatic carbocycles. The maximum atomic E-state index is 12.6. The second-order valence-electron chi connectivity index (χ2n) is 6.94. The van der Waals surface area contributed by atoms with Crippen LogP contribution in [0.2, 0.25) is 0 Å². The van der Waals surface area contributed by atoms with Crippen molar-refractivity contribution >= 4 is 29.0 Å². The van der Waals surface area contributed by atoms with Crippen molar-refractivity contribution in [3.63, 3.8) is 0 Å². The molecule has 8 nitrogen and oxygen atoms in total. The maximum Gasteiger partial charge on any atom is 0.230 e. The van der Waals surface area contributed by atoms with Gasteiger partial charge in [-0.15, -0.1) is 0 Å². The molecule has 0 saturated carbocycles. The van der Waals surface area contributed by atoms with E-state index in [9.17, 15) is 9.59 Å². The van der Waals surface area contributed by atoms with Gasteiger partial charge in [-0.25, -0.2) is 4.98 Å². The van der Waals surface area contributed by atoms with Gasteiger partial charge in [0.2, 0.25) is 11.8 Å². The van der Waals surface area contributed by atoms with Crippen LogP contribution in [-0.2, 0) is 16.0 Å². The summed E-state index contributed by atoms with van der Waals surface area (Å²) in [5, 5.41) is 5.67. The van der Waals surface area contributed by atoms with Crippen LogP contribution in [0.4, 0.5) is 11.5 Å². The number of imidazole rings is 1. The number of hydrogen-bond donors (Lipinski definition) is 2. The molecule has 0 saturated heterocycles. The molecule has 0 fully saturated rings. The van der Waals surface area contributed by atoms with Gasteiger partial charge in [-0.3, -0.25) is 19.0 Å². The summed E-state index contributed by atoms with van der Waals surface area (Å²) in [4.78, 5) is 32.7. The molecule has 2 N–H and O–H groups in total. The first-order chi connectivity index (χ1) is 15.0. The minimum absolute atomic E-state index is 0.143. The highest BCUT2D eigenvalue weighted by Crippen LogP contribution is 2.23. The zero-order valence-electron chi connectivity index (χ0n) is 17.1. The van der Waals surface area contributed by atoms with E-state index in [0.717, 1.165) is 11.1 Å². The number of methoxy groups -OCH3 is 1. The smallest absolute Gasteiger partial charge is 0.230 e. The van der Waals surface area contributed by atoms with Crippen LogP contribution in [-0.4, -0.2) is 33.3 Å². The lowest BCUT2D eigenvalue weighted by atomic mass is 10.1. The Hall–Kier alpha value is -4.20. The van der Waals surface area contributed by atoms with Crippen molar-refractivity contribution in [2.24, 2.45) is 0 Å². The molecule has 0 aliphatic rings. The Balaban J connectivity index is 1.59. The van der Waals surface area contributed by atoms with E-state index in [4.69, 9.17) is 4.74 Å². The minimum atomic E-state index is -0.183. The van der Waals surface area contributed by atoms with Gasteiger partial charge in [-0.1, -0.05) is 30.3 Å². The van der Waals surface area contributed by atoms with E-state index in [1.165, 1.54) is 6.92 Å². The third kappa shape index (κ3) is 4.53. The summed E-state index contributed by atoms with van der Waals surface area (Å²) in [5.74, 6) is 0.880. The van der Waals surface area contributed by atoms with Crippen LogP contribution >= 0.6 is 0 Å². The Morgan fingerprint density at radius 1 is 1.03 bits per heavy atom. The summed E-state index contributed by atoms with van der Waals surface area (Å²) >= 11 is 0. The number of nitrogens with one attached hydrogen (secondary N) is 2. The number of hydrogen-bond acceptors (Lipinski definition) is 5. The average molecular weight is 415 g/mol. The summed E-state index contributed by atoms with van der Waals surface area (Å²) in [6, 6.07) is 14.8. The van der Waals surface area contributed by atoms with Crippen molar-refractivity contribution < 1.29 is 14.3 Å². The Morgan fingerprint density at radius 3 is 2.68 bits per heavy atom. The van der Waals surface area contributed by atoms with E-state index < -0.39 is 0 Å². The monoisotopic (exact) mass is 415 g/mol. The zero-order valence-corrected chi connectivity index (χ0v) is 17.1.